The minimum Gasteiger partial charge on any atom is -0.370 e. The Kier molecular flexibility index (Phi) is 4.04. The zero-order chi connectivity index (χ0) is 14.7. The zero-order valence-electron chi connectivity index (χ0n) is 12.7. The number of nitrogens with one attached hydrogen (secondary N) is 2. The first kappa shape index (κ1) is 13.9. The summed E-state index contributed by atoms with van der Waals surface area (Å²) in [7, 11) is 0. The standard InChI is InChI=1S/C17H22N4/c1-3-12-5-9-14(10-6-12)19-16-11-15(18-4-2)20-17(21-16)13-7-8-13/h5-6,9-11,13H,3-4,7-8H2,1-2H3,(H2,18,19,20,21). The zero-order valence-corrected chi connectivity index (χ0v) is 12.7. The first-order chi connectivity index (χ1) is 10.3. The first-order valence-electron chi connectivity index (χ1n) is 7.77. The lowest BCUT2D eigenvalue weighted by Gasteiger charge is -2.11. The van der Waals surface area contributed by atoms with E-state index in [9.17, 15) is 0 Å². The smallest absolute Gasteiger partial charge is 0.136 e. The average Bonchev–Trinajstić information content (AvgIpc) is 3.33. The summed E-state index contributed by atoms with van der Waals surface area (Å²) in [6.45, 7) is 5.11. The highest BCUT2D eigenvalue weighted by Crippen LogP contribution is 2.39. The third-order valence-corrected chi connectivity index (χ3v) is 3.68. The Morgan fingerprint density at radius 3 is 2.38 bits per heavy atom. The Morgan fingerprint density at radius 1 is 1.05 bits per heavy atom. The van der Waals surface area contributed by atoms with Crippen molar-refractivity contribution < 1.29 is 0 Å². The van der Waals surface area contributed by atoms with Gasteiger partial charge in [-0.3, -0.25) is 0 Å². The fourth-order valence-corrected chi connectivity index (χ4v) is 2.30. The number of hydrogen-bond donors (Lipinski definition) is 2. The second-order valence-electron chi connectivity index (χ2n) is 5.48. The van der Waals surface area contributed by atoms with Crippen molar-refractivity contribution >= 4 is 17.3 Å². The van der Waals surface area contributed by atoms with Crippen molar-refractivity contribution in [1.29, 1.82) is 0 Å². The van der Waals surface area contributed by atoms with Crippen LogP contribution in [-0.4, -0.2) is 16.5 Å². The van der Waals surface area contributed by atoms with Gasteiger partial charge in [0.15, 0.2) is 0 Å². The van der Waals surface area contributed by atoms with E-state index in [1.165, 1.54) is 18.4 Å². The van der Waals surface area contributed by atoms with Crippen molar-refractivity contribution in [2.75, 3.05) is 17.2 Å². The van der Waals surface area contributed by atoms with Gasteiger partial charge in [0.05, 0.1) is 0 Å². The predicted octanol–water partition coefficient (Wildman–Crippen LogP) is 4.09. The van der Waals surface area contributed by atoms with Gasteiger partial charge in [0.1, 0.15) is 17.5 Å². The molecular formula is C17H22N4. The highest BCUT2D eigenvalue weighted by atomic mass is 15.1. The summed E-state index contributed by atoms with van der Waals surface area (Å²) in [6.07, 6.45) is 3.48. The highest BCUT2D eigenvalue weighted by Gasteiger charge is 2.27. The molecule has 4 nitrogen and oxygen atoms in total. The SMILES string of the molecule is CCNc1cc(Nc2ccc(CC)cc2)nc(C2CC2)n1. The van der Waals surface area contributed by atoms with Crippen molar-refractivity contribution in [3.63, 3.8) is 0 Å². The van der Waals surface area contributed by atoms with Gasteiger partial charge in [0.2, 0.25) is 0 Å². The van der Waals surface area contributed by atoms with E-state index in [4.69, 9.17) is 0 Å². The summed E-state index contributed by atoms with van der Waals surface area (Å²) < 4.78 is 0. The van der Waals surface area contributed by atoms with Crippen LogP contribution < -0.4 is 10.6 Å². The second-order valence-corrected chi connectivity index (χ2v) is 5.48. The lowest BCUT2D eigenvalue weighted by atomic mass is 10.1. The number of hydrogen-bond acceptors (Lipinski definition) is 4. The molecule has 1 heterocycles. The Bertz CT molecular complexity index is 603. The number of aryl methyl sites for hydroxylation is 1. The Hall–Kier alpha value is -2.10. The Morgan fingerprint density at radius 2 is 1.76 bits per heavy atom. The largest absolute Gasteiger partial charge is 0.370 e. The van der Waals surface area contributed by atoms with Crippen LogP contribution in [0.25, 0.3) is 0 Å². The van der Waals surface area contributed by atoms with Crippen LogP contribution in [-0.2, 0) is 6.42 Å². The van der Waals surface area contributed by atoms with Gasteiger partial charge in [0, 0.05) is 24.2 Å². The number of rotatable bonds is 6. The van der Waals surface area contributed by atoms with Crippen molar-refractivity contribution in [2.24, 2.45) is 0 Å². The molecule has 0 spiro atoms. The molecule has 3 rings (SSSR count). The lowest BCUT2D eigenvalue weighted by molar-refractivity contribution is 0.927. The number of benzene rings is 1. The molecule has 0 unspecified atom stereocenters. The molecular weight excluding hydrogens is 260 g/mol. The monoisotopic (exact) mass is 282 g/mol. The van der Waals surface area contributed by atoms with Gasteiger partial charge < -0.3 is 10.6 Å². The van der Waals surface area contributed by atoms with E-state index in [1.807, 2.05) is 6.07 Å². The van der Waals surface area contributed by atoms with Crippen LogP contribution in [0.15, 0.2) is 30.3 Å². The fourth-order valence-electron chi connectivity index (χ4n) is 2.30. The van der Waals surface area contributed by atoms with Gasteiger partial charge in [-0.1, -0.05) is 19.1 Å². The van der Waals surface area contributed by atoms with E-state index in [-0.39, 0.29) is 0 Å². The van der Waals surface area contributed by atoms with Gasteiger partial charge >= 0.3 is 0 Å². The van der Waals surface area contributed by atoms with Crippen molar-refractivity contribution in [3.8, 4) is 0 Å². The Labute approximate surface area is 126 Å². The van der Waals surface area contributed by atoms with E-state index in [0.717, 1.165) is 36.1 Å². The number of anilines is 3. The van der Waals surface area contributed by atoms with Gasteiger partial charge in [-0.2, -0.15) is 0 Å². The number of nitrogens with zero attached hydrogens (tertiary/aromatic N) is 2. The first-order valence-corrected chi connectivity index (χ1v) is 7.77. The summed E-state index contributed by atoms with van der Waals surface area (Å²) in [5.74, 6) is 3.28. The summed E-state index contributed by atoms with van der Waals surface area (Å²) >= 11 is 0. The molecule has 0 amide bonds. The summed E-state index contributed by atoms with van der Waals surface area (Å²) in [5, 5.41) is 6.67. The van der Waals surface area contributed by atoms with Gasteiger partial charge in [-0.05, 0) is 43.9 Å². The van der Waals surface area contributed by atoms with E-state index in [2.05, 4.69) is 58.7 Å². The molecule has 2 N–H and O–H groups in total. The van der Waals surface area contributed by atoms with E-state index >= 15 is 0 Å². The predicted molar refractivity (Wildman–Crippen MR) is 87.3 cm³/mol. The highest BCUT2D eigenvalue weighted by molar-refractivity contribution is 5.59. The second kappa shape index (κ2) is 6.12. The van der Waals surface area contributed by atoms with Crippen LogP contribution in [0.3, 0.4) is 0 Å². The van der Waals surface area contributed by atoms with E-state index in [1.54, 1.807) is 0 Å². The van der Waals surface area contributed by atoms with Crippen LogP contribution >= 0.6 is 0 Å². The van der Waals surface area contributed by atoms with Gasteiger partial charge in [-0.15, -0.1) is 0 Å². The molecule has 0 radical (unpaired) electrons. The molecule has 1 aromatic heterocycles. The molecule has 1 aliphatic carbocycles. The third-order valence-electron chi connectivity index (χ3n) is 3.68. The molecule has 2 aromatic rings. The van der Waals surface area contributed by atoms with E-state index < -0.39 is 0 Å². The van der Waals surface area contributed by atoms with Gasteiger partial charge in [-0.25, -0.2) is 9.97 Å². The molecule has 1 aliphatic rings. The fraction of sp³-hybridized carbons (Fsp3) is 0.412. The maximum atomic E-state index is 4.65. The van der Waals surface area contributed by atoms with Crippen LogP contribution in [0.1, 0.15) is 44.0 Å². The summed E-state index contributed by atoms with van der Waals surface area (Å²) in [5.41, 5.74) is 2.41. The molecule has 1 fully saturated rings. The van der Waals surface area contributed by atoms with Crippen molar-refractivity contribution in [2.45, 2.75) is 39.0 Å². The average molecular weight is 282 g/mol. The molecule has 1 saturated carbocycles. The summed E-state index contributed by atoms with van der Waals surface area (Å²) in [4.78, 5) is 9.25. The normalized spacial score (nSPS) is 14.0. The quantitative estimate of drug-likeness (QED) is 0.837. The van der Waals surface area contributed by atoms with Gasteiger partial charge in [0.25, 0.3) is 0 Å². The molecule has 1 aromatic carbocycles. The number of aromatic nitrogens is 2. The molecule has 0 aliphatic heterocycles. The van der Waals surface area contributed by atoms with Crippen LogP contribution in [0.2, 0.25) is 0 Å². The maximum Gasteiger partial charge on any atom is 0.136 e. The van der Waals surface area contributed by atoms with Crippen molar-refractivity contribution in [1.82, 2.24) is 9.97 Å². The molecule has 0 atom stereocenters. The van der Waals surface area contributed by atoms with E-state index in [0.29, 0.717) is 5.92 Å². The van der Waals surface area contributed by atoms with Crippen LogP contribution in [0.5, 0.6) is 0 Å². The minimum atomic E-state index is 0.548. The molecule has 110 valence electrons. The topological polar surface area (TPSA) is 49.8 Å². The molecule has 21 heavy (non-hydrogen) atoms. The molecule has 0 saturated heterocycles. The van der Waals surface area contributed by atoms with Crippen LogP contribution in [0, 0.1) is 0 Å². The lowest BCUT2D eigenvalue weighted by Crippen LogP contribution is -2.05. The van der Waals surface area contributed by atoms with Crippen molar-refractivity contribution in [3.05, 3.63) is 41.7 Å². The minimum absolute atomic E-state index is 0.548. The molecule has 0 bridgehead atoms. The Balaban J connectivity index is 1.82. The van der Waals surface area contributed by atoms with Crippen LogP contribution in [0.4, 0.5) is 17.3 Å². The summed E-state index contributed by atoms with van der Waals surface area (Å²) in [6, 6.07) is 10.5. The third kappa shape index (κ3) is 3.51. The maximum absolute atomic E-state index is 4.65. The molecule has 4 heteroatoms.